The number of fused-ring (bicyclic) bond motifs is 5. The minimum Gasteiger partial charge on any atom is -0.291 e. The average molecular weight is 635 g/mol. The number of carbonyl (C=O) groups is 4. The van der Waals surface area contributed by atoms with Crippen molar-refractivity contribution in [3.63, 3.8) is 0 Å². The van der Waals surface area contributed by atoms with E-state index in [0.717, 1.165) is 16.4 Å². The first kappa shape index (κ1) is 23.5. The Morgan fingerprint density at radius 1 is 1.03 bits per heavy atom. The fourth-order valence-electron chi connectivity index (χ4n) is 5.23. The number of alkyl halides is 2. The van der Waals surface area contributed by atoms with Crippen molar-refractivity contribution in [2.45, 2.75) is 16.1 Å². The number of benzene rings is 1. The highest BCUT2D eigenvalue weighted by molar-refractivity contribution is 9.12. The van der Waals surface area contributed by atoms with Crippen LogP contribution in [0, 0.1) is 23.7 Å². The number of hydrogen-bond acceptors (Lipinski definition) is 5. The summed E-state index contributed by atoms with van der Waals surface area (Å²) in [5.74, 6) is -2.96. The highest BCUT2D eigenvalue weighted by Gasteiger charge is 2.67. The van der Waals surface area contributed by atoms with Gasteiger partial charge in [-0.2, -0.15) is 5.01 Å². The molecular formula is C22H16Br2Cl2N2O4S. The molecule has 6 atom stereocenters. The van der Waals surface area contributed by atoms with E-state index in [0.29, 0.717) is 4.88 Å². The van der Waals surface area contributed by atoms with E-state index in [1.54, 1.807) is 17.5 Å². The van der Waals surface area contributed by atoms with Crippen LogP contribution in [0.1, 0.15) is 26.5 Å². The number of hydrogen-bond donors (Lipinski definition) is 0. The van der Waals surface area contributed by atoms with Gasteiger partial charge in [0, 0.05) is 15.2 Å². The average Bonchev–Trinajstić information content (AvgIpc) is 3.55. The molecule has 33 heavy (non-hydrogen) atoms. The number of thiophene rings is 1. The number of halogens is 4. The molecule has 2 heterocycles. The maximum absolute atomic E-state index is 13.5. The largest absolute Gasteiger partial charge is 0.291 e. The Labute approximate surface area is 220 Å². The summed E-state index contributed by atoms with van der Waals surface area (Å²) in [5.41, 5.74) is 0.126. The SMILES string of the molecule is O=C(CN(C(=O)c1ccc(Cl)c(Cl)c1)N1C(=O)[C@@H]2[C@H]3C[C@@H]([C@H](Br)[C@H]3Br)[C@@H]2C1=O)c1cccs1. The summed E-state index contributed by atoms with van der Waals surface area (Å²) < 4.78 is 0. The van der Waals surface area contributed by atoms with Crippen molar-refractivity contribution in [3.05, 3.63) is 56.2 Å². The van der Waals surface area contributed by atoms with Crippen LogP contribution in [0.25, 0.3) is 0 Å². The van der Waals surface area contributed by atoms with Crippen molar-refractivity contribution in [1.82, 2.24) is 10.0 Å². The molecule has 0 radical (unpaired) electrons. The lowest BCUT2D eigenvalue weighted by atomic mass is 9.81. The van der Waals surface area contributed by atoms with E-state index in [9.17, 15) is 19.2 Å². The number of imide groups is 1. The van der Waals surface area contributed by atoms with E-state index in [2.05, 4.69) is 31.9 Å². The molecule has 5 rings (SSSR count). The molecule has 1 saturated heterocycles. The molecule has 6 nitrogen and oxygen atoms in total. The summed E-state index contributed by atoms with van der Waals surface area (Å²) in [5, 5.41) is 4.04. The molecule has 0 unspecified atom stereocenters. The zero-order valence-electron chi connectivity index (χ0n) is 16.8. The van der Waals surface area contributed by atoms with Gasteiger partial charge in [-0.3, -0.25) is 19.2 Å². The summed E-state index contributed by atoms with van der Waals surface area (Å²) in [6.45, 7) is -0.443. The molecule has 2 aromatic rings. The predicted molar refractivity (Wildman–Crippen MR) is 132 cm³/mol. The second-order valence-electron chi connectivity index (χ2n) is 8.38. The zero-order valence-corrected chi connectivity index (χ0v) is 22.3. The molecule has 2 bridgehead atoms. The Hall–Kier alpha value is -1.26. The molecule has 1 aromatic heterocycles. The second-order valence-corrected chi connectivity index (χ2v) is 12.3. The number of hydrazine groups is 1. The maximum atomic E-state index is 13.5. The van der Waals surface area contributed by atoms with Crippen molar-refractivity contribution in [2.75, 3.05) is 6.54 Å². The Morgan fingerprint density at radius 2 is 1.67 bits per heavy atom. The van der Waals surface area contributed by atoms with E-state index in [1.807, 2.05) is 0 Å². The normalized spacial score (nSPS) is 30.1. The molecule has 3 aliphatic rings. The summed E-state index contributed by atoms with van der Waals surface area (Å²) in [4.78, 5) is 54.1. The Balaban J connectivity index is 1.52. The molecule has 0 N–H and O–H groups in total. The molecule has 3 fully saturated rings. The van der Waals surface area contributed by atoms with Crippen molar-refractivity contribution in [3.8, 4) is 0 Å². The van der Waals surface area contributed by atoms with Crippen LogP contribution in [-0.2, 0) is 9.59 Å². The summed E-state index contributed by atoms with van der Waals surface area (Å²) in [6.07, 6.45) is 0.765. The molecule has 172 valence electrons. The fraction of sp³-hybridized carbons (Fsp3) is 0.364. The first-order valence-electron chi connectivity index (χ1n) is 10.2. The van der Waals surface area contributed by atoms with Gasteiger partial charge in [-0.1, -0.05) is 61.1 Å². The van der Waals surface area contributed by atoms with Crippen LogP contribution in [-0.4, -0.2) is 49.7 Å². The van der Waals surface area contributed by atoms with Gasteiger partial charge in [0.25, 0.3) is 17.7 Å². The molecule has 0 spiro atoms. The lowest BCUT2D eigenvalue weighted by Gasteiger charge is -2.30. The van der Waals surface area contributed by atoms with Gasteiger partial charge < -0.3 is 0 Å². The van der Waals surface area contributed by atoms with Crippen LogP contribution in [0.15, 0.2) is 35.7 Å². The summed E-state index contributed by atoms with van der Waals surface area (Å²) >= 11 is 20.6. The molecule has 1 aromatic carbocycles. The monoisotopic (exact) mass is 632 g/mol. The molecule has 2 saturated carbocycles. The third-order valence-corrected chi connectivity index (χ3v) is 11.6. The van der Waals surface area contributed by atoms with Crippen molar-refractivity contribution in [1.29, 1.82) is 0 Å². The quantitative estimate of drug-likeness (QED) is 0.262. The third-order valence-electron chi connectivity index (χ3n) is 6.70. The molecule has 2 aliphatic carbocycles. The minimum absolute atomic E-state index is 0.0132. The van der Waals surface area contributed by atoms with Crippen LogP contribution < -0.4 is 0 Å². The summed E-state index contributed by atoms with van der Waals surface area (Å²) in [7, 11) is 0. The molecule has 3 amide bonds. The van der Waals surface area contributed by atoms with Crippen LogP contribution in [0.3, 0.4) is 0 Å². The van der Waals surface area contributed by atoms with Crippen molar-refractivity contribution < 1.29 is 19.2 Å². The van der Waals surface area contributed by atoms with Crippen LogP contribution in [0.4, 0.5) is 0 Å². The van der Waals surface area contributed by atoms with E-state index < -0.39 is 36.1 Å². The number of nitrogens with zero attached hydrogens (tertiary/aromatic N) is 2. The standard InChI is InChI=1S/C22H16Br2Cl2N2O4S/c23-18-10-7-11(19(18)24)17-16(10)21(31)28(22(17)32)27(8-14(29)15-2-1-5-33-15)20(30)9-3-4-12(25)13(26)6-9/h1-6,10-11,16-19H,7-8H2/t10-,11-,16-,17+,18+,19+/m1/s1. The van der Waals surface area contributed by atoms with Gasteiger partial charge in [0.15, 0.2) is 5.78 Å². The van der Waals surface area contributed by atoms with E-state index in [1.165, 1.54) is 29.5 Å². The Morgan fingerprint density at radius 3 is 2.21 bits per heavy atom. The molecule has 1 aliphatic heterocycles. The van der Waals surface area contributed by atoms with Crippen molar-refractivity contribution >= 4 is 89.9 Å². The highest BCUT2D eigenvalue weighted by Crippen LogP contribution is 2.60. The lowest BCUT2D eigenvalue weighted by Crippen LogP contribution is -2.52. The molecular weight excluding hydrogens is 619 g/mol. The van der Waals surface area contributed by atoms with Gasteiger partial charge in [0.05, 0.1) is 26.8 Å². The topological polar surface area (TPSA) is 74.8 Å². The lowest BCUT2D eigenvalue weighted by molar-refractivity contribution is -0.154. The predicted octanol–water partition coefficient (Wildman–Crippen LogP) is 5.07. The van der Waals surface area contributed by atoms with Gasteiger partial charge in [-0.15, -0.1) is 11.3 Å². The second kappa shape index (κ2) is 8.75. The first-order chi connectivity index (χ1) is 15.7. The van der Waals surface area contributed by atoms with Crippen molar-refractivity contribution in [2.24, 2.45) is 23.7 Å². The third kappa shape index (κ3) is 3.71. The van der Waals surface area contributed by atoms with Crippen LogP contribution in [0.5, 0.6) is 0 Å². The van der Waals surface area contributed by atoms with Crippen LogP contribution in [0.2, 0.25) is 10.0 Å². The van der Waals surface area contributed by atoms with Crippen LogP contribution >= 0.6 is 66.4 Å². The number of carbonyl (C=O) groups excluding carboxylic acids is 4. The number of Topliss-reactive ketones (excluding diaryl/α,β-unsaturated/α-hetero) is 1. The van der Waals surface area contributed by atoms with E-state index in [-0.39, 0.29) is 42.9 Å². The Kier molecular flexibility index (Phi) is 6.23. The van der Waals surface area contributed by atoms with E-state index >= 15 is 0 Å². The van der Waals surface area contributed by atoms with Gasteiger partial charge in [0.1, 0.15) is 6.54 Å². The maximum Gasteiger partial charge on any atom is 0.273 e. The number of rotatable bonds is 5. The zero-order chi connectivity index (χ0) is 23.6. The first-order valence-corrected chi connectivity index (χ1v) is 13.7. The van der Waals surface area contributed by atoms with Gasteiger partial charge in [-0.25, -0.2) is 5.01 Å². The van der Waals surface area contributed by atoms with Gasteiger partial charge >= 0.3 is 0 Å². The van der Waals surface area contributed by atoms with Gasteiger partial charge in [0.2, 0.25) is 0 Å². The Bertz CT molecular complexity index is 1150. The fourth-order valence-corrected chi connectivity index (χ4v) is 8.06. The molecule has 11 heteroatoms. The van der Waals surface area contributed by atoms with Gasteiger partial charge in [-0.05, 0) is 47.9 Å². The van der Waals surface area contributed by atoms with E-state index in [4.69, 9.17) is 23.2 Å². The number of amides is 3. The minimum atomic E-state index is -0.668. The smallest absolute Gasteiger partial charge is 0.273 e. The summed E-state index contributed by atoms with van der Waals surface area (Å²) in [6, 6.07) is 7.65. The number of ketones is 1. The highest BCUT2D eigenvalue weighted by atomic mass is 79.9.